The summed E-state index contributed by atoms with van der Waals surface area (Å²) in [6.07, 6.45) is 3.40. The van der Waals surface area contributed by atoms with Gasteiger partial charge < -0.3 is 10.1 Å². The average molecular weight is 387 g/mol. The summed E-state index contributed by atoms with van der Waals surface area (Å²) in [6, 6.07) is 13.5. The van der Waals surface area contributed by atoms with E-state index >= 15 is 0 Å². The molecule has 3 heterocycles. The lowest BCUT2D eigenvalue weighted by Crippen LogP contribution is -2.20. The lowest BCUT2D eigenvalue weighted by molar-refractivity contribution is -0.116. The van der Waals surface area contributed by atoms with E-state index in [4.69, 9.17) is 4.74 Å². The lowest BCUT2D eigenvalue weighted by Gasteiger charge is -2.07. The van der Waals surface area contributed by atoms with Crippen LogP contribution in [0.15, 0.2) is 54.9 Å². The Kier molecular flexibility index (Phi) is 4.95. The Bertz CT molecular complexity index is 1180. The second-order valence-electron chi connectivity index (χ2n) is 6.80. The molecule has 0 unspecified atom stereocenters. The number of hydrogen-bond donors (Lipinski definition) is 1. The SMILES string of the molecule is COc1ccc(-c2ccnc3c2c(C)nn3CC(=O)Nc2cc(C)ccn2)cc1. The van der Waals surface area contributed by atoms with Gasteiger partial charge in [0.05, 0.1) is 12.8 Å². The van der Waals surface area contributed by atoms with Crippen molar-refractivity contribution < 1.29 is 9.53 Å². The molecule has 1 aromatic carbocycles. The minimum atomic E-state index is -0.204. The molecular formula is C22H21N5O2. The molecule has 0 bridgehead atoms. The Labute approximate surface area is 168 Å². The van der Waals surface area contributed by atoms with Gasteiger partial charge in [0.2, 0.25) is 5.91 Å². The number of benzene rings is 1. The number of anilines is 1. The Hall–Kier alpha value is -3.74. The summed E-state index contributed by atoms with van der Waals surface area (Å²) in [5, 5.41) is 8.30. The molecule has 4 rings (SSSR count). The summed E-state index contributed by atoms with van der Waals surface area (Å²) in [7, 11) is 1.64. The molecule has 0 fully saturated rings. The normalized spacial score (nSPS) is 10.9. The summed E-state index contributed by atoms with van der Waals surface area (Å²) in [4.78, 5) is 21.2. The van der Waals surface area contributed by atoms with Gasteiger partial charge in [0.25, 0.3) is 0 Å². The van der Waals surface area contributed by atoms with Crippen molar-refractivity contribution in [3.8, 4) is 16.9 Å². The van der Waals surface area contributed by atoms with Crippen molar-refractivity contribution in [1.82, 2.24) is 19.7 Å². The molecule has 0 aliphatic heterocycles. The van der Waals surface area contributed by atoms with E-state index in [1.807, 2.05) is 56.3 Å². The summed E-state index contributed by atoms with van der Waals surface area (Å²) < 4.78 is 6.87. The smallest absolute Gasteiger partial charge is 0.247 e. The fourth-order valence-electron chi connectivity index (χ4n) is 3.33. The minimum absolute atomic E-state index is 0.0546. The third kappa shape index (κ3) is 3.80. The Morgan fingerprint density at radius 2 is 1.83 bits per heavy atom. The van der Waals surface area contributed by atoms with Crippen molar-refractivity contribution in [2.75, 3.05) is 12.4 Å². The van der Waals surface area contributed by atoms with Crippen LogP contribution >= 0.6 is 0 Å². The van der Waals surface area contributed by atoms with Crippen LogP contribution in [0.2, 0.25) is 0 Å². The number of hydrogen-bond acceptors (Lipinski definition) is 5. The Balaban J connectivity index is 1.65. The maximum atomic E-state index is 12.5. The molecule has 29 heavy (non-hydrogen) atoms. The molecule has 0 radical (unpaired) electrons. The third-order valence-corrected chi connectivity index (χ3v) is 4.69. The minimum Gasteiger partial charge on any atom is -0.497 e. The molecule has 0 saturated carbocycles. The number of carbonyl (C=O) groups excluding carboxylic acids is 1. The van der Waals surface area contributed by atoms with Gasteiger partial charge in [-0.05, 0) is 60.9 Å². The Morgan fingerprint density at radius 3 is 2.55 bits per heavy atom. The largest absolute Gasteiger partial charge is 0.497 e. The molecule has 0 spiro atoms. The molecule has 0 aliphatic rings. The van der Waals surface area contributed by atoms with Crippen LogP contribution in [0.3, 0.4) is 0 Å². The zero-order valence-corrected chi connectivity index (χ0v) is 16.5. The number of rotatable bonds is 5. The van der Waals surface area contributed by atoms with E-state index in [0.29, 0.717) is 11.5 Å². The molecule has 146 valence electrons. The van der Waals surface area contributed by atoms with Crippen LogP contribution < -0.4 is 10.1 Å². The first-order valence-corrected chi connectivity index (χ1v) is 9.24. The molecule has 0 aliphatic carbocycles. The van der Waals surface area contributed by atoms with E-state index in [9.17, 15) is 4.79 Å². The molecule has 0 atom stereocenters. The Morgan fingerprint density at radius 1 is 1.07 bits per heavy atom. The standard InChI is InChI=1S/C22H21N5O2/c1-14-8-10-23-19(12-14)25-20(28)13-27-22-21(15(2)26-27)18(9-11-24-22)16-4-6-17(29-3)7-5-16/h4-12H,13H2,1-3H3,(H,23,25,28). The zero-order chi connectivity index (χ0) is 20.4. The number of pyridine rings is 2. The van der Waals surface area contributed by atoms with E-state index in [1.54, 1.807) is 24.2 Å². The first-order valence-electron chi connectivity index (χ1n) is 9.24. The van der Waals surface area contributed by atoms with Crippen molar-refractivity contribution in [2.45, 2.75) is 20.4 Å². The predicted molar refractivity (Wildman–Crippen MR) is 112 cm³/mol. The number of nitrogens with one attached hydrogen (secondary N) is 1. The van der Waals surface area contributed by atoms with Gasteiger partial charge in [0.15, 0.2) is 5.65 Å². The highest BCUT2D eigenvalue weighted by Gasteiger charge is 2.16. The lowest BCUT2D eigenvalue weighted by atomic mass is 10.0. The summed E-state index contributed by atoms with van der Waals surface area (Å²) >= 11 is 0. The topological polar surface area (TPSA) is 81.9 Å². The van der Waals surface area contributed by atoms with Crippen LogP contribution in [0, 0.1) is 13.8 Å². The van der Waals surface area contributed by atoms with Gasteiger partial charge in [0.1, 0.15) is 18.1 Å². The summed E-state index contributed by atoms with van der Waals surface area (Å²) in [5.41, 5.74) is 4.57. The van der Waals surface area contributed by atoms with Gasteiger partial charge in [-0.2, -0.15) is 5.10 Å². The maximum Gasteiger partial charge on any atom is 0.247 e. The summed E-state index contributed by atoms with van der Waals surface area (Å²) in [6.45, 7) is 3.93. The second-order valence-corrected chi connectivity index (χ2v) is 6.80. The highest BCUT2D eigenvalue weighted by atomic mass is 16.5. The van der Waals surface area contributed by atoms with E-state index in [2.05, 4.69) is 20.4 Å². The van der Waals surface area contributed by atoms with E-state index in [-0.39, 0.29) is 12.5 Å². The maximum absolute atomic E-state index is 12.5. The molecule has 4 aromatic rings. The predicted octanol–water partition coefficient (Wildman–Crippen LogP) is 3.76. The van der Waals surface area contributed by atoms with Crippen molar-refractivity contribution in [1.29, 1.82) is 0 Å². The number of aryl methyl sites for hydroxylation is 2. The quantitative estimate of drug-likeness (QED) is 0.564. The van der Waals surface area contributed by atoms with Crippen LogP contribution in [0.25, 0.3) is 22.2 Å². The molecular weight excluding hydrogens is 366 g/mol. The van der Waals surface area contributed by atoms with Crippen LogP contribution in [0.5, 0.6) is 5.75 Å². The third-order valence-electron chi connectivity index (χ3n) is 4.69. The highest BCUT2D eigenvalue weighted by Crippen LogP contribution is 2.30. The van der Waals surface area contributed by atoms with E-state index < -0.39 is 0 Å². The second kappa shape index (κ2) is 7.71. The van der Waals surface area contributed by atoms with Crippen molar-refractivity contribution in [2.24, 2.45) is 0 Å². The fraction of sp³-hybridized carbons (Fsp3) is 0.182. The first kappa shape index (κ1) is 18.6. The van der Waals surface area contributed by atoms with Crippen LogP contribution in [-0.2, 0) is 11.3 Å². The van der Waals surface area contributed by atoms with E-state index in [0.717, 1.165) is 33.5 Å². The molecule has 1 amide bonds. The van der Waals surface area contributed by atoms with Gasteiger partial charge in [-0.15, -0.1) is 0 Å². The van der Waals surface area contributed by atoms with Crippen LogP contribution in [0.4, 0.5) is 5.82 Å². The monoisotopic (exact) mass is 387 g/mol. The van der Waals surface area contributed by atoms with E-state index in [1.165, 1.54) is 0 Å². The van der Waals surface area contributed by atoms with Crippen LogP contribution in [-0.4, -0.2) is 32.8 Å². The molecule has 1 N–H and O–H groups in total. The molecule has 7 nitrogen and oxygen atoms in total. The van der Waals surface area contributed by atoms with Gasteiger partial charge in [-0.25, -0.2) is 14.6 Å². The van der Waals surface area contributed by atoms with Gasteiger partial charge in [-0.3, -0.25) is 4.79 Å². The molecule has 3 aromatic heterocycles. The first-order chi connectivity index (χ1) is 14.0. The fourth-order valence-corrected chi connectivity index (χ4v) is 3.33. The number of nitrogens with zero attached hydrogens (tertiary/aromatic N) is 4. The summed E-state index contributed by atoms with van der Waals surface area (Å²) in [5.74, 6) is 1.12. The molecule has 0 saturated heterocycles. The molecule has 7 heteroatoms. The average Bonchev–Trinajstić information content (AvgIpc) is 3.03. The van der Waals surface area contributed by atoms with Gasteiger partial charge >= 0.3 is 0 Å². The van der Waals surface area contributed by atoms with Crippen LogP contribution in [0.1, 0.15) is 11.3 Å². The number of carbonyl (C=O) groups is 1. The van der Waals surface area contributed by atoms with Gasteiger partial charge in [-0.1, -0.05) is 12.1 Å². The van der Waals surface area contributed by atoms with Crippen molar-refractivity contribution in [3.63, 3.8) is 0 Å². The van der Waals surface area contributed by atoms with Crippen molar-refractivity contribution >= 4 is 22.8 Å². The van der Waals surface area contributed by atoms with Gasteiger partial charge in [0, 0.05) is 17.8 Å². The number of ether oxygens (including phenoxy) is 1. The number of fused-ring (bicyclic) bond motifs is 1. The zero-order valence-electron chi connectivity index (χ0n) is 16.5. The number of aromatic nitrogens is 4. The van der Waals surface area contributed by atoms with Crippen molar-refractivity contribution in [3.05, 3.63) is 66.1 Å². The number of methoxy groups -OCH3 is 1. The highest BCUT2D eigenvalue weighted by molar-refractivity contribution is 5.96. The number of amides is 1.